The summed E-state index contributed by atoms with van der Waals surface area (Å²) in [6, 6.07) is 9.61. The molecule has 0 amide bonds. The number of aliphatic imine (C=N–C) groups is 1. The van der Waals surface area contributed by atoms with Crippen LogP contribution in [0.25, 0.3) is 0 Å². The molecule has 2 aromatic rings. The van der Waals surface area contributed by atoms with Gasteiger partial charge in [-0.2, -0.15) is 0 Å². The van der Waals surface area contributed by atoms with Crippen molar-refractivity contribution >= 4 is 43.2 Å². The molecule has 0 aliphatic carbocycles. The van der Waals surface area contributed by atoms with Crippen LogP contribution in [0.1, 0.15) is 25.7 Å². The molecule has 0 aromatic heterocycles. The fourth-order valence-electron chi connectivity index (χ4n) is 2.93. The summed E-state index contributed by atoms with van der Waals surface area (Å²) < 4.78 is 60.7. The second-order valence-electron chi connectivity index (χ2n) is 6.67. The van der Waals surface area contributed by atoms with Crippen molar-refractivity contribution in [2.24, 2.45) is 4.99 Å². The standard InChI is InChI=1S/C19H22ClN3O5S2/c1-28-18-10-9-16(13-17(18)20)29(24,25)22-14-6-5-7-15(12-14)30(26,27)23-19-8-3-2-4-11-21-19/h5-7,9-10,12-13,22H,2-4,8,11H2,1H3,(H,21,23). The van der Waals surface area contributed by atoms with E-state index in [1.165, 1.54) is 49.6 Å². The molecule has 2 N–H and O–H groups in total. The van der Waals surface area contributed by atoms with E-state index in [0.717, 1.165) is 19.3 Å². The maximum Gasteiger partial charge on any atom is 0.262 e. The summed E-state index contributed by atoms with van der Waals surface area (Å²) in [7, 11) is -6.45. The van der Waals surface area contributed by atoms with Crippen molar-refractivity contribution in [1.82, 2.24) is 4.72 Å². The first-order valence-electron chi connectivity index (χ1n) is 9.24. The second-order valence-corrected chi connectivity index (χ2v) is 10.4. The van der Waals surface area contributed by atoms with Crippen LogP contribution in [0.3, 0.4) is 0 Å². The summed E-state index contributed by atoms with van der Waals surface area (Å²) in [5.74, 6) is 0.766. The number of hydrogen-bond donors (Lipinski definition) is 2. The largest absolute Gasteiger partial charge is 0.495 e. The Morgan fingerprint density at radius 1 is 0.933 bits per heavy atom. The molecule has 11 heteroatoms. The first-order valence-corrected chi connectivity index (χ1v) is 12.6. The maximum atomic E-state index is 12.7. The van der Waals surface area contributed by atoms with Crippen molar-refractivity contribution in [3.63, 3.8) is 0 Å². The van der Waals surface area contributed by atoms with E-state index in [9.17, 15) is 16.8 Å². The molecule has 8 nitrogen and oxygen atoms in total. The smallest absolute Gasteiger partial charge is 0.262 e. The van der Waals surface area contributed by atoms with Crippen LogP contribution < -0.4 is 14.2 Å². The van der Waals surface area contributed by atoms with Gasteiger partial charge in [0, 0.05) is 13.0 Å². The van der Waals surface area contributed by atoms with Crippen molar-refractivity contribution < 1.29 is 21.6 Å². The zero-order valence-corrected chi connectivity index (χ0v) is 18.6. The number of rotatable bonds is 6. The highest BCUT2D eigenvalue weighted by Crippen LogP contribution is 2.28. The minimum Gasteiger partial charge on any atom is -0.495 e. The topological polar surface area (TPSA) is 114 Å². The SMILES string of the molecule is COc1ccc(S(=O)(=O)Nc2cccc(S(=O)(=O)NC3=NCCCCC3)c2)cc1Cl. The Bertz CT molecular complexity index is 1160. The van der Waals surface area contributed by atoms with Gasteiger partial charge in [0.2, 0.25) is 0 Å². The van der Waals surface area contributed by atoms with E-state index < -0.39 is 20.0 Å². The van der Waals surface area contributed by atoms with E-state index in [4.69, 9.17) is 16.3 Å². The number of nitrogens with one attached hydrogen (secondary N) is 2. The van der Waals surface area contributed by atoms with Gasteiger partial charge in [-0.1, -0.05) is 24.1 Å². The Balaban J connectivity index is 1.82. The lowest BCUT2D eigenvalue weighted by Gasteiger charge is -2.12. The highest BCUT2D eigenvalue weighted by atomic mass is 35.5. The van der Waals surface area contributed by atoms with Crippen molar-refractivity contribution in [1.29, 1.82) is 0 Å². The quantitative estimate of drug-likeness (QED) is 0.670. The molecule has 162 valence electrons. The Labute approximate surface area is 181 Å². The molecular formula is C19H22ClN3O5S2. The van der Waals surface area contributed by atoms with Gasteiger partial charge in [-0.25, -0.2) is 16.8 Å². The molecule has 0 atom stereocenters. The molecule has 0 spiro atoms. The van der Waals surface area contributed by atoms with Gasteiger partial charge in [0.25, 0.3) is 20.0 Å². The highest BCUT2D eigenvalue weighted by molar-refractivity contribution is 7.92. The molecule has 0 saturated heterocycles. The first-order chi connectivity index (χ1) is 14.2. The lowest BCUT2D eigenvalue weighted by Crippen LogP contribution is -2.30. The third-order valence-electron chi connectivity index (χ3n) is 4.46. The fourth-order valence-corrected chi connectivity index (χ4v) is 5.46. The van der Waals surface area contributed by atoms with Crippen LogP contribution in [-0.4, -0.2) is 36.3 Å². The number of ether oxygens (including phenoxy) is 1. The van der Waals surface area contributed by atoms with Crippen molar-refractivity contribution in [2.45, 2.75) is 35.5 Å². The Kier molecular flexibility index (Phi) is 6.89. The average molecular weight is 472 g/mol. The number of methoxy groups -OCH3 is 1. The molecule has 0 unspecified atom stereocenters. The van der Waals surface area contributed by atoms with E-state index in [2.05, 4.69) is 14.4 Å². The molecule has 0 fully saturated rings. The Hall–Kier alpha value is -2.30. The molecule has 0 radical (unpaired) electrons. The molecule has 1 heterocycles. The Morgan fingerprint density at radius 3 is 2.40 bits per heavy atom. The minimum atomic E-state index is -3.98. The van der Waals surface area contributed by atoms with E-state index in [0.29, 0.717) is 24.6 Å². The van der Waals surface area contributed by atoms with Crippen LogP contribution in [0.5, 0.6) is 5.75 Å². The van der Waals surface area contributed by atoms with Gasteiger partial charge in [0.1, 0.15) is 11.6 Å². The van der Waals surface area contributed by atoms with Crippen LogP contribution in [0.15, 0.2) is 57.2 Å². The van der Waals surface area contributed by atoms with E-state index in [1.54, 1.807) is 0 Å². The van der Waals surface area contributed by atoms with Gasteiger partial charge in [0.15, 0.2) is 0 Å². The summed E-state index contributed by atoms with van der Waals surface area (Å²) in [5.41, 5.74) is 0.104. The maximum absolute atomic E-state index is 12.7. The van der Waals surface area contributed by atoms with Gasteiger partial charge in [-0.15, -0.1) is 0 Å². The zero-order valence-electron chi connectivity index (χ0n) is 16.3. The number of benzene rings is 2. The van der Waals surface area contributed by atoms with Gasteiger partial charge in [-0.05, 0) is 49.2 Å². The first kappa shape index (κ1) is 22.4. The molecule has 3 rings (SSSR count). The fraction of sp³-hybridized carbons (Fsp3) is 0.316. The highest BCUT2D eigenvalue weighted by Gasteiger charge is 2.20. The number of sulfonamides is 2. The predicted molar refractivity (Wildman–Crippen MR) is 116 cm³/mol. The number of halogens is 1. The summed E-state index contributed by atoms with van der Waals surface area (Å²) >= 11 is 6.01. The molecular weight excluding hydrogens is 450 g/mol. The minimum absolute atomic E-state index is 0.0672. The van der Waals surface area contributed by atoms with Gasteiger partial charge < -0.3 is 4.74 Å². The number of hydrogen-bond acceptors (Lipinski definition) is 6. The molecule has 0 bridgehead atoms. The van der Waals surface area contributed by atoms with Crippen molar-refractivity contribution in [2.75, 3.05) is 18.4 Å². The normalized spacial score (nSPS) is 15.1. The van der Waals surface area contributed by atoms with Crippen molar-refractivity contribution in [3.8, 4) is 5.75 Å². The third kappa shape index (κ3) is 5.44. The second kappa shape index (κ2) is 9.23. The van der Waals surface area contributed by atoms with E-state index in [1.807, 2.05) is 0 Å². The number of amidine groups is 1. The van der Waals surface area contributed by atoms with Crippen LogP contribution in [0.4, 0.5) is 5.69 Å². The molecule has 2 aromatic carbocycles. The number of nitrogens with zero attached hydrogens (tertiary/aromatic N) is 1. The lowest BCUT2D eigenvalue weighted by atomic mass is 10.2. The van der Waals surface area contributed by atoms with Gasteiger partial charge >= 0.3 is 0 Å². The summed E-state index contributed by atoms with van der Waals surface area (Å²) in [6.07, 6.45) is 3.36. The lowest BCUT2D eigenvalue weighted by molar-refractivity contribution is 0.414. The summed E-state index contributed by atoms with van der Waals surface area (Å²) in [6.45, 7) is 0.585. The third-order valence-corrected chi connectivity index (χ3v) is 7.51. The zero-order chi connectivity index (χ0) is 21.8. The summed E-state index contributed by atoms with van der Waals surface area (Å²) in [4.78, 5) is 4.13. The van der Waals surface area contributed by atoms with Crippen LogP contribution in [0, 0.1) is 0 Å². The van der Waals surface area contributed by atoms with Crippen LogP contribution >= 0.6 is 11.6 Å². The molecule has 0 saturated carbocycles. The van der Waals surface area contributed by atoms with Gasteiger partial charge in [-0.3, -0.25) is 14.4 Å². The molecule has 1 aliphatic rings. The van der Waals surface area contributed by atoms with E-state index >= 15 is 0 Å². The van der Waals surface area contributed by atoms with Crippen LogP contribution in [-0.2, 0) is 20.0 Å². The molecule has 1 aliphatic heterocycles. The van der Waals surface area contributed by atoms with Crippen molar-refractivity contribution in [3.05, 3.63) is 47.5 Å². The summed E-state index contributed by atoms with van der Waals surface area (Å²) in [5, 5.41) is 0.144. The Morgan fingerprint density at radius 2 is 1.67 bits per heavy atom. The number of anilines is 1. The molecule has 30 heavy (non-hydrogen) atoms. The average Bonchev–Trinajstić information content (AvgIpc) is 2.96. The van der Waals surface area contributed by atoms with E-state index in [-0.39, 0.29) is 20.5 Å². The predicted octanol–water partition coefficient (Wildman–Crippen LogP) is 3.40. The van der Waals surface area contributed by atoms with Gasteiger partial charge in [0.05, 0.1) is 27.6 Å². The monoisotopic (exact) mass is 471 g/mol. The van der Waals surface area contributed by atoms with Crippen LogP contribution in [0.2, 0.25) is 5.02 Å².